The van der Waals surface area contributed by atoms with Gasteiger partial charge >= 0.3 is 5.97 Å². The summed E-state index contributed by atoms with van der Waals surface area (Å²) >= 11 is 6.24. The van der Waals surface area contributed by atoms with Crippen molar-refractivity contribution in [3.63, 3.8) is 0 Å². The molecule has 0 saturated carbocycles. The molecule has 0 saturated heterocycles. The van der Waals surface area contributed by atoms with Crippen molar-refractivity contribution >= 4 is 23.6 Å². The van der Waals surface area contributed by atoms with Gasteiger partial charge in [-0.1, -0.05) is 32.4 Å². The molecular formula is C14H15ClO3. The molecule has 0 aliphatic carbocycles. The van der Waals surface area contributed by atoms with Crippen LogP contribution < -0.4 is 4.74 Å². The van der Waals surface area contributed by atoms with Crippen LogP contribution in [0, 0.1) is 0 Å². The van der Waals surface area contributed by atoms with Crippen LogP contribution in [0.25, 0.3) is 6.08 Å². The van der Waals surface area contributed by atoms with Crippen molar-refractivity contribution in [3.8, 4) is 5.75 Å². The zero-order valence-corrected chi connectivity index (χ0v) is 11.3. The van der Waals surface area contributed by atoms with Crippen molar-refractivity contribution in [2.24, 2.45) is 0 Å². The first-order valence-corrected chi connectivity index (χ1v) is 6.07. The minimum absolute atomic E-state index is 0.0771. The van der Waals surface area contributed by atoms with Gasteiger partial charge in [0.2, 0.25) is 0 Å². The predicted molar refractivity (Wildman–Crippen MR) is 71.3 cm³/mol. The molecule has 0 amide bonds. The Balaban J connectivity index is 2.52. The number of benzene rings is 1. The van der Waals surface area contributed by atoms with Gasteiger partial charge in [-0.25, -0.2) is 4.79 Å². The fourth-order valence-corrected chi connectivity index (χ4v) is 2.35. The van der Waals surface area contributed by atoms with Crippen LogP contribution >= 0.6 is 11.6 Å². The van der Waals surface area contributed by atoms with Crippen LogP contribution in [-0.4, -0.2) is 17.7 Å². The van der Waals surface area contributed by atoms with E-state index in [9.17, 15) is 4.79 Å². The number of hydrogen-bond donors (Lipinski definition) is 1. The Hall–Kier alpha value is -1.48. The Labute approximate surface area is 111 Å². The quantitative estimate of drug-likeness (QED) is 0.846. The predicted octanol–water partition coefficient (Wildman–Crippen LogP) is 3.50. The molecule has 1 aromatic rings. The Bertz CT molecular complexity index is 539. The van der Waals surface area contributed by atoms with E-state index < -0.39 is 5.97 Å². The molecule has 0 unspecified atom stereocenters. The van der Waals surface area contributed by atoms with Crippen LogP contribution in [0.4, 0.5) is 0 Å². The van der Waals surface area contributed by atoms with Crippen molar-refractivity contribution in [2.75, 3.05) is 6.61 Å². The maximum absolute atomic E-state index is 10.9. The van der Waals surface area contributed by atoms with E-state index in [1.54, 1.807) is 12.1 Å². The summed E-state index contributed by atoms with van der Waals surface area (Å²) in [6.07, 6.45) is 1.61. The van der Waals surface area contributed by atoms with Gasteiger partial charge in [-0.3, -0.25) is 0 Å². The van der Waals surface area contributed by atoms with Crippen LogP contribution in [0.1, 0.15) is 31.9 Å². The summed E-state index contributed by atoms with van der Waals surface area (Å²) in [6, 6.07) is 3.66. The summed E-state index contributed by atoms with van der Waals surface area (Å²) in [6.45, 7) is 6.30. The average Bonchev–Trinajstić information content (AvgIpc) is 2.25. The molecular weight excluding hydrogens is 252 g/mol. The van der Waals surface area contributed by atoms with E-state index in [-0.39, 0.29) is 17.6 Å². The highest BCUT2D eigenvalue weighted by Crippen LogP contribution is 2.37. The van der Waals surface area contributed by atoms with E-state index in [0.29, 0.717) is 10.8 Å². The third kappa shape index (κ3) is 2.36. The zero-order valence-electron chi connectivity index (χ0n) is 10.6. The Morgan fingerprint density at radius 2 is 2.06 bits per heavy atom. The number of halogens is 1. The minimum Gasteiger partial charge on any atom is -0.488 e. The number of hydrogen-bond acceptors (Lipinski definition) is 2. The molecule has 0 aromatic heterocycles. The van der Waals surface area contributed by atoms with Gasteiger partial charge in [-0.2, -0.15) is 0 Å². The smallest absolute Gasteiger partial charge is 0.335 e. The number of ether oxygens (including phenoxy) is 1. The number of carbonyl (C=O) groups is 1. The minimum atomic E-state index is -0.961. The van der Waals surface area contributed by atoms with Gasteiger partial charge in [0.1, 0.15) is 12.4 Å². The second kappa shape index (κ2) is 4.32. The Morgan fingerprint density at radius 3 is 2.61 bits per heavy atom. The summed E-state index contributed by atoms with van der Waals surface area (Å²) in [5.74, 6) is -0.272. The SMILES string of the molecule is CC(C)(C)c1cc2c(cc1Cl)C=C(C(=O)O)CO2. The number of fused-ring (bicyclic) bond motifs is 1. The van der Waals surface area contributed by atoms with Gasteiger partial charge in [-0.05, 0) is 29.2 Å². The molecule has 1 heterocycles. The van der Waals surface area contributed by atoms with E-state index >= 15 is 0 Å². The highest BCUT2D eigenvalue weighted by atomic mass is 35.5. The van der Waals surface area contributed by atoms with Crippen molar-refractivity contribution < 1.29 is 14.6 Å². The topological polar surface area (TPSA) is 46.5 Å². The van der Waals surface area contributed by atoms with Crippen molar-refractivity contribution in [3.05, 3.63) is 33.9 Å². The molecule has 1 N–H and O–H groups in total. The highest BCUT2D eigenvalue weighted by Gasteiger charge is 2.23. The molecule has 18 heavy (non-hydrogen) atoms. The van der Waals surface area contributed by atoms with E-state index in [1.807, 2.05) is 6.07 Å². The van der Waals surface area contributed by atoms with Crippen LogP contribution in [0.3, 0.4) is 0 Å². The lowest BCUT2D eigenvalue weighted by atomic mass is 9.86. The van der Waals surface area contributed by atoms with Crippen LogP contribution in [0.15, 0.2) is 17.7 Å². The summed E-state index contributed by atoms with van der Waals surface area (Å²) in [5.41, 5.74) is 1.88. The molecule has 96 valence electrons. The summed E-state index contributed by atoms with van der Waals surface area (Å²) in [7, 11) is 0. The average molecular weight is 267 g/mol. The molecule has 2 rings (SSSR count). The lowest BCUT2D eigenvalue weighted by Gasteiger charge is -2.24. The molecule has 0 atom stereocenters. The molecule has 1 aliphatic heterocycles. The lowest BCUT2D eigenvalue weighted by molar-refractivity contribution is -0.132. The van der Waals surface area contributed by atoms with Gasteiger partial charge in [0.15, 0.2) is 0 Å². The van der Waals surface area contributed by atoms with Gasteiger partial charge in [0, 0.05) is 10.6 Å². The number of carboxylic acids is 1. The van der Waals surface area contributed by atoms with E-state index in [0.717, 1.165) is 11.1 Å². The molecule has 0 bridgehead atoms. The molecule has 0 radical (unpaired) electrons. The first-order chi connectivity index (χ1) is 8.29. The highest BCUT2D eigenvalue weighted by molar-refractivity contribution is 6.31. The third-order valence-corrected chi connectivity index (χ3v) is 3.21. The van der Waals surface area contributed by atoms with E-state index in [2.05, 4.69) is 20.8 Å². The number of aliphatic carboxylic acids is 1. The monoisotopic (exact) mass is 266 g/mol. The van der Waals surface area contributed by atoms with Crippen molar-refractivity contribution in [2.45, 2.75) is 26.2 Å². The van der Waals surface area contributed by atoms with Gasteiger partial charge in [-0.15, -0.1) is 0 Å². The molecule has 4 heteroatoms. The third-order valence-electron chi connectivity index (χ3n) is 2.90. The fraction of sp³-hybridized carbons (Fsp3) is 0.357. The molecule has 0 spiro atoms. The Morgan fingerprint density at radius 1 is 1.39 bits per heavy atom. The number of carboxylic acid groups (broad SMARTS) is 1. The van der Waals surface area contributed by atoms with Crippen LogP contribution in [0.5, 0.6) is 5.75 Å². The standard InChI is InChI=1S/C14H15ClO3/c1-14(2,3)10-6-12-8(5-11(10)15)4-9(7-18-12)13(16)17/h4-6H,7H2,1-3H3,(H,16,17). The maximum Gasteiger partial charge on any atom is 0.335 e. The summed E-state index contributed by atoms with van der Waals surface area (Å²) in [4.78, 5) is 10.9. The second-order valence-corrected chi connectivity index (χ2v) is 5.79. The van der Waals surface area contributed by atoms with Gasteiger partial charge in [0.25, 0.3) is 0 Å². The van der Waals surface area contributed by atoms with Gasteiger partial charge in [0.05, 0.1) is 5.57 Å². The molecule has 1 aromatic carbocycles. The largest absolute Gasteiger partial charge is 0.488 e. The fourth-order valence-electron chi connectivity index (χ4n) is 1.89. The second-order valence-electron chi connectivity index (χ2n) is 5.38. The maximum atomic E-state index is 10.9. The summed E-state index contributed by atoms with van der Waals surface area (Å²) in [5, 5.41) is 9.57. The molecule has 0 fully saturated rings. The van der Waals surface area contributed by atoms with E-state index in [1.165, 1.54) is 0 Å². The zero-order chi connectivity index (χ0) is 13.5. The number of rotatable bonds is 1. The lowest BCUT2D eigenvalue weighted by Crippen LogP contribution is -2.16. The van der Waals surface area contributed by atoms with Gasteiger partial charge < -0.3 is 9.84 Å². The first kappa shape index (κ1) is 13.0. The summed E-state index contributed by atoms with van der Waals surface area (Å²) < 4.78 is 5.48. The van der Waals surface area contributed by atoms with Crippen molar-refractivity contribution in [1.29, 1.82) is 0 Å². The van der Waals surface area contributed by atoms with E-state index in [4.69, 9.17) is 21.4 Å². The Kier molecular flexibility index (Phi) is 3.11. The molecule has 3 nitrogen and oxygen atoms in total. The first-order valence-electron chi connectivity index (χ1n) is 5.70. The normalized spacial score (nSPS) is 14.6. The molecule has 1 aliphatic rings. The van der Waals surface area contributed by atoms with Crippen LogP contribution in [0.2, 0.25) is 5.02 Å². The van der Waals surface area contributed by atoms with Crippen LogP contribution in [-0.2, 0) is 10.2 Å². The van der Waals surface area contributed by atoms with Crippen molar-refractivity contribution in [1.82, 2.24) is 0 Å².